The molecule has 5 heteroatoms. The SMILES string of the molecule is CCC1CCCCC1NC(=O)c1ccncc1NN. The number of hydrogen-bond donors (Lipinski definition) is 3. The zero-order valence-electron chi connectivity index (χ0n) is 11.4. The number of rotatable bonds is 4. The van der Waals surface area contributed by atoms with Gasteiger partial charge in [-0.1, -0.05) is 26.2 Å². The maximum absolute atomic E-state index is 12.3. The Bertz CT molecular complexity index is 435. The van der Waals surface area contributed by atoms with E-state index in [2.05, 4.69) is 22.7 Å². The molecule has 4 N–H and O–H groups in total. The third-order valence-electron chi connectivity index (χ3n) is 3.97. The van der Waals surface area contributed by atoms with E-state index in [1.54, 1.807) is 18.5 Å². The highest BCUT2D eigenvalue weighted by molar-refractivity contribution is 5.99. The summed E-state index contributed by atoms with van der Waals surface area (Å²) < 4.78 is 0. The van der Waals surface area contributed by atoms with Gasteiger partial charge in [-0.2, -0.15) is 0 Å². The molecule has 0 aromatic carbocycles. The average Bonchev–Trinajstić information content (AvgIpc) is 2.47. The molecular formula is C14H22N4O. The molecule has 0 bridgehead atoms. The molecule has 2 rings (SSSR count). The Morgan fingerprint density at radius 1 is 1.47 bits per heavy atom. The van der Waals surface area contributed by atoms with Crippen LogP contribution in [0.5, 0.6) is 0 Å². The second-order valence-corrected chi connectivity index (χ2v) is 5.10. The van der Waals surface area contributed by atoms with Crippen LogP contribution in [-0.2, 0) is 0 Å². The van der Waals surface area contributed by atoms with Gasteiger partial charge in [0.15, 0.2) is 0 Å². The monoisotopic (exact) mass is 262 g/mol. The summed E-state index contributed by atoms with van der Waals surface area (Å²) in [5.74, 6) is 5.93. The van der Waals surface area contributed by atoms with Crippen LogP contribution in [0.1, 0.15) is 49.4 Å². The summed E-state index contributed by atoms with van der Waals surface area (Å²) in [6.45, 7) is 2.19. The summed E-state index contributed by atoms with van der Waals surface area (Å²) in [6.07, 6.45) is 9.03. The second kappa shape index (κ2) is 6.52. The van der Waals surface area contributed by atoms with Crippen molar-refractivity contribution in [3.05, 3.63) is 24.0 Å². The molecule has 1 heterocycles. The van der Waals surface area contributed by atoms with Crippen LogP contribution in [0.15, 0.2) is 18.5 Å². The van der Waals surface area contributed by atoms with Crippen molar-refractivity contribution in [2.75, 3.05) is 5.43 Å². The molecule has 1 aromatic rings. The van der Waals surface area contributed by atoms with Gasteiger partial charge in [0.05, 0.1) is 17.4 Å². The van der Waals surface area contributed by atoms with Gasteiger partial charge in [0.1, 0.15) is 0 Å². The molecule has 0 radical (unpaired) electrons. The number of nitrogens with two attached hydrogens (primary N) is 1. The third-order valence-corrected chi connectivity index (χ3v) is 3.97. The van der Waals surface area contributed by atoms with Gasteiger partial charge in [0.25, 0.3) is 5.91 Å². The van der Waals surface area contributed by atoms with Gasteiger partial charge in [-0.05, 0) is 24.8 Å². The van der Waals surface area contributed by atoms with Gasteiger partial charge in [-0.3, -0.25) is 15.6 Å². The fourth-order valence-electron chi connectivity index (χ4n) is 2.84. The molecular weight excluding hydrogens is 240 g/mol. The molecule has 2 atom stereocenters. The summed E-state index contributed by atoms with van der Waals surface area (Å²) in [5, 5.41) is 3.15. The van der Waals surface area contributed by atoms with E-state index >= 15 is 0 Å². The van der Waals surface area contributed by atoms with Crippen LogP contribution in [0.25, 0.3) is 0 Å². The lowest BCUT2D eigenvalue weighted by Gasteiger charge is -2.31. The zero-order valence-corrected chi connectivity index (χ0v) is 11.4. The number of pyridine rings is 1. The number of anilines is 1. The fourth-order valence-corrected chi connectivity index (χ4v) is 2.84. The molecule has 1 fully saturated rings. The maximum Gasteiger partial charge on any atom is 0.253 e. The lowest BCUT2D eigenvalue weighted by atomic mass is 9.83. The van der Waals surface area contributed by atoms with Crippen molar-refractivity contribution in [2.24, 2.45) is 11.8 Å². The first-order valence-corrected chi connectivity index (χ1v) is 6.97. The number of nitrogens with one attached hydrogen (secondary N) is 2. The first kappa shape index (κ1) is 13.8. The van der Waals surface area contributed by atoms with Crippen LogP contribution in [0.4, 0.5) is 5.69 Å². The minimum atomic E-state index is -0.0688. The van der Waals surface area contributed by atoms with Gasteiger partial charge in [0.2, 0.25) is 0 Å². The van der Waals surface area contributed by atoms with E-state index in [0.717, 1.165) is 12.8 Å². The predicted octanol–water partition coefficient (Wildman–Crippen LogP) is 2.07. The van der Waals surface area contributed by atoms with E-state index in [1.807, 2.05) is 0 Å². The van der Waals surface area contributed by atoms with E-state index < -0.39 is 0 Å². The first-order chi connectivity index (χ1) is 9.26. The normalized spacial score (nSPS) is 22.8. The number of nitrogens with zero attached hydrogens (tertiary/aromatic N) is 1. The van der Waals surface area contributed by atoms with Crippen LogP contribution < -0.4 is 16.6 Å². The van der Waals surface area contributed by atoms with Crippen molar-refractivity contribution in [2.45, 2.75) is 45.1 Å². The Kier molecular flexibility index (Phi) is 4.74. The molecule has 5 nitrogen and oxygen atoms in total. The van der Waals surface area contributed by atoms with Gasteiger partial charge in [-0.15, -0.1) is 0 Å². The molecule has 19 heavy (non-hydrogen) atoms. The van der Waals surface area contributed by atoms with Crippen LogP contribution in [0.2, 0.25) is 0 Å². The fraction of sp³-hybridized carbons (Fsp3) is 0.571. The van der Waals surface area contributed by atoms with E-state index in [-0.39, 0.29) is 11.9 Å². The first-order valence-electron chi connectivity index (χ1n) is 6.97. The van der Waals surface area contributed by atoms with Crippen molar-refractivity contribution in [3.8, 4) is 0 Å². The summed E-state index contributed by atoms with van der Waals surface area (Å²) in [5.41, 5.74) is 3.63. The smallest absolute Gasteiger partial charge is 0.253 e. The van der Waals surface area contributed by atoms with Crippen LogP contribution in [0.3, 0.4) is 0 Å². The molecule has 104 valence electrons. The standard InChI is InChI=1S/C14H22N4O/c1-2-10-5-3-4-6-12(10)17-14(19)11-7-8-16-9-13(11)18-15/h7-10,12,18H,2-6,15H2,1H3,(H,17,19). The van der Waals surface area contributed by atoms with Gasteiger partial charge < -0.3 is 10.7 Å². The molecule has 1 aliphatic carbocycles. The molecule has 2 unspecified atom stereocenters. The number of amides is 1. The summed E-state index contributed by atoms with van der Waals surface area (Å²) in [4.78, 5) is 16.3. The molecule has 0 spiro atoms. The lowest BCUT2D eigenvalue weighted by molar-refractivity contribution is 0.0905. The van der Waals surface area contributed by atoms with Crippen LogP contribution >= 0.6 is 0 Å². The minimum absolute atomic E-state index is 0.0688. The Hall–Kier alpha value is -1.62. The molecule has 1 amide bonds. The molecule has 1 aromatic heterocycles. The Labute approximate surface area is 114 Å². The van der Waals surface area contributed by atoms with Crippen molar-refractivity contribution in [3.63, 3.8) is 0 Å². The second-order valence-electron chi connectivity index (χ2n) is 5.10. The highest BCUT2D eigenvalue weighted by Gasteiger charge is 2.25. The van der Waals surface area contributed by atoms with Crippen LogP contribution in [-0.4, -0.2) is 16.9 Å². The van der Waals surface area contributed by atoms with Gasteiger partial charge in [-0.25, -0.2) is 0 Å². The average molecular weight is 262 g/mol. The van der Waals surface area contributed by atoms with Crippen molar-refractivity contribution in [1.82, 2.24) is 10.3 Å². The topological polar surface area (TPSA) is 80.0 Å². The lowest BCUT2D eigenvalue weighted by Crippen LogP contribution is -2.42. The maximum atomic E-state index is 12.3. The zero-order chi connectivity index (χ0) is 13.7. The molecule has 1 aliphatic rings. The van der Waals surface area contributed by atoms with E-state index in [1.165, 1.54) is 19.3 Å². The Morgan fingerprint density at radius 3 is 3.00 bits per heavy atom. The number of carbonyl (C=O) groups is 1. The number of nitrogen functional groups attached to an aromatic ring is 1. The van der Waals surface area contributed by atoms with E-state index in [0.29, 0.717) is 17.2 Å². The predicted molar refractivity (Wildman–Crippen MR) is 75.6 cm³/mol. The molecule has 1 saturated carbocycles. The third kappa shape index (κ3) is 3.23. The van der Waals surface area contributed by atoms with Crippen molar-refractivity contribution in [1.29, 1.82) is 0 Å². The van der Waals surface area contributed by atoms with Crippen molar-refractivity contribution >= 4 is 11.6 Å². The minimum Gasteiger partial charge on any atom is -0.349 e. The summed E-state index contributed by atoms with van der Waals surface area (Å²) >= 11 is 0. The number of carbonyl (C=O) groups excluding carboxylic acids is 1. The highest BCUT2D eigenvalue weighted by atomic mass is 16.1. The van der Waals surface area contributed by atoms with E-state index in [9.17, 15) is 4.79 Å². The summed E-state index contributed by atoms with van der Waals surface area (Å²) in [6, 6.07) is 1.97. The van der Waals surface area contributed by atoms with E-state index in [4.69, 9.17) is 5.84 Å². The van der Waals surface area contributed by atoms with Gasteiger partial charge >= 0.3 is 0 Å². The quantitative estimate of drug-likeness (QED) is 0.573. The Balaban J connectivity index is 2.07. The number of hydrogen-bond acceptors (Lipinski definition) is 4. The van der Waals surface area contributed by atoms with Crippen LogP contribution in [0, 0.1) is 5.92 Å². The van der Waals surface area contributed by atoms with Gasteiger partial charge in [0, 0.05) is 12.2 Å². The highest BCUT2D eigenvalue weighted by Crippen LogP contribution is 2.27. The molecule has 0 saturated heterocycles. The molecule has 0 aliphatic heterocycles. The Morgan fingerprint density at radius 2 is 2.26 bits per heavy atom. The van der Waals surface area contributed by atoms with Crippen molar-refractivity contribution < 1.29 is 4.79 Å². The summed E-state index contributed by atoms with van der Waals surface area (Å²) in [7, 11) is 0. The number of aromatic nitrogens is 1. The largest absolute Gasteiger partial charge is 0.349 e. The number of hydrazine groups is 1.